The molecular formula is C20H38NO3-. The van der Waals surface area contributed by atoms with E-state index in [2.05, 4.69) is 19.2 Å². The Labute approximate surface area is 149 Å². The molecule has 0 aliphatic rings. The van der Waals surface area contributed by atoms with Crippen LogP contribution < -0.4 is 5.32 Å². The highest BCUT2D eigenvalue weighted by Crippen LogP contribution is 2.13. The molecule has 142 valence electrons. The zero-order valence-electron chi connectivity index (χ0n) is 16.0. The Balaban J connectivity index is 3.74. The first-order chi connectivity index (χ1) is 11.5. The Morgan fingerprint density at radius 3 is 2.08 bits per heavy atom. The third-order valence-corrected chi connectivity index (χ3v) is 4.17. The van der Waals surface area contributed by atoms with E-state index in [1.807, 2.05) is 13.8 Å². The third kappa shape index (κ3) is 13.4. The van der Waals surface area contributed by atoms with Crippen LogP contribution in [0.25, 0.3) is 0 Å². The number of hydrogen-bond donors (Lipinski definition) is 1. The highest BCUT2D eigenvalue weighted by atomic mass is 16.5. The smallest absolute Gasteiger partial charge is 0.326 e. The zero-order chi connectivity index (χ0) is 18.2. The van der Waals surface area contributed by atoms with Crippen LogP contribution in [0.15, 0.2) is 0 Å². The highest BCUT2D eigenvalue weighted by molar-refractivity contribution is 5.78. The first-order valence-corrected chi connectivity index (χ1v) is 9.74. The van der Waals surface area contributed by atoms with Gasteiger partial charge >= 0.3 is 5.97 Å². The molecule has 4 heteroatoms. The molecule has 2 atom stereocenters. The van der Waals surface area contributed by atoms with E-state index in [9.17, 15) is 9.59 Å². The van der Waals surface area contributed by atoms with Crippen LogP contribution in [0.5, 0.6) is 0 Å². The van der Waals surface area contributed by atoms with Gasteiger partial charge in [0.15, 0.2) is 0 Å². The molecule has 0 aromatic carbocycles. The fourth-order valence-electron chi connectivity index (χ4n) is 2.77. The van der Waals surface area contributed by atoms with E-state index in [-0.39, 0.29) is 12.1 Å². The van der Waals surface area contributed by atoms with E-state index in [4.69, 9.17) is 4.74 Å². The van der Waals surface area contributed by atoms with Crippen molar-refractivity contribution in [3.63, 3.8) is 0 Å². The van der Waals surface area contributed by atoms with Crippen molar-refractivity contribution in [1.29, 1.82) is 0 Å². The number of carbonyl (C=O) groups excluding carboxylic acids is 2. The normalized spacial score (nSPS) is 13.5. The van der Waals surface area contributed by atoms with Gasteiger partial charge in [0.05, 0.1) is 0 Å². The van der Waals surface area contributed by atoms with Gasteiger partial charge in [-0.3, -0.25) is 4.79 Å². The van der Waals surface area contributed by atoms with Gasteiger partial charge in [-0.2, -0.15) is 0 Å². The molecule has 0 aromatic rings. The van der Waals surface area contributed by atoms with Gasteiger partial charge in [0.25, 0.3) is 0 Å². The van der Waals surface area contributed by atoms with Gasteiger partial charge in [0.2, 0.25) is 6.41 Å². The average Bonchev–Trinajstić information content (AvgIpc) is 2.52. The molecule has 0 spiro atoms. The maximum atomic E-state index is 12.1. The maximum Gasteiger partial charge on any atom is 0.326 e. The summed E-state index contributed by atoms with van der Waals surface area (Å²) in [4.78, 5) is 22.7. The number of ether oxygens (including phenoxy) is 1. The Bertz CT molecular complexity index is 318. The standard InChI is InChI=1S/C20H38NO3/c1-5-6-7-8-9-10-11-12-13-14-18(4)24-20(23)19(21-16-22)15-17(2)3/h16-19H,4-15H2,1-3H3,(H,21,22)/q-1/t18-,19+/m1/s1. The van der Waals surface area contributed by atoms with Crippen molar-refractivity contribution in [2.45, 2.75) is 104 Å². The van der Waals surface area contributed by atoms with Crippen LogP contribution in [0.3, 0.4) is 0 Å². The second kappa shape index (κ2) is 15.5. The van der Waals surface area contributed by atoms with Crippen LogP contribution in [0.1, 0.15) is 91.4 Å². The fraction of sp³-hybridized carbons (Fsp3) is 0.850. The van der Waals surface area contributed by atoms with Crippen LogP contribution in [0, 0.1) is 12.8 Å². The lowest BCUT2D eigenvalue weighted by molar-refractivity contribution is -0.151. The summed E-state index contributed by atoms with van der Waals surface area (Å²) in [6.07, 6.45) is 13.0. The molecule has 0 saturated carbocycles. The lowest BCUT2D eigenvalue weighted by atomic mass is 10.0. The van der Waals surface area contributed by atoms with Crippen LogP contribution in [0.4, 0.5) is 0 Å². The van der Waals surface area contributed by atoms with E-state index in [1.165, 1.54) is 51.4 Å². The molecule has 0 rings (SSSR count). The summed E-state index contributed by atoms with van der Waals surface area (Å²) in [7, 11) is 0. The van der Waals surface area contributed by atoms with Crippen molar-refractivity contribution < 1.29 is 14.3 Å². The number of carbonyl (C=O) groups is 2. The molecule has 0 aliphatic heterocycles. The first kappa shape index (κ1) is 22.9. The second-order valence-corrected chi connectivity index (χ2v) is 7.14. The molecule has 0 fully saturated rings. The van der Waals surface area contributed by atoms with Crippen molar-refractivity contribution in [2.75, 3.05) is 0 Å². The molecular weight excluding hydrogens is 302 g/mol. The lowest BCUT2D eigenvalue weighted by Crippen LogP contribution is -2.39. The monoisotopic (exact) mass is 340 g/mol. The number of amides is 1. The lowest BCUT2D eigenvalue weighted by Gasteiger charge is -2.23. The highest BCUT2D eigenvalue weighted by Gasteiger charge is 2.20. The largest absolute Gasteiger partial charge is 0.494 e. The molecule has 1 amide bonds. The van der Waals surface area contributed by atoms with E-state index in [0.29, 0.717) is 18.7 Å². The molecule has 0 radical (unpaired) electrons. The summed E-state index contributed by atoms with van der Waals surface area (Å²) in [5.41, 5.74) is 0. The average molecular weight is 341 g/mol. The molecule has 0 aliphatic carbocycles. The van der Waals surface area contributed by atoms with Crippen molar-refractivity contribution in [2.24, 2.45) is 5.92 Å². The minimum atomic E-state index is -0.560. The predicted molar refractivity (Wildman–Crippen MR) is 99.5 cm³/mol. The van der Waals surface area contributed by atoms with Gasteiger partial charge in [-0.25, -0.2) is 4.79 Å². The summed E-state index contributed by atoms with van der Waals surface area (Å²) < 4.78 is 5.37. The molecule has 4 nitrogen and oxygen atoms in total. The Morgan fingerprint density at radius 1 is 1.04 bits per heavy atom. The van der Waals surface area contributed by atoms with Gasteiger partial charge < -0.3 is 17.0 Å². The number of esters is 1. The van der Waals surface area contributed by atoms with Crippen LogP contribution in [0.2, 0.25) is 0 Å². The molecule has 0 unspecified atom stereocenters. The van der Waals surface area contributed by atoms with E-state index < -0.39 is 6.04 Å². The number of hydrogen-bond acceptors (Lipinski definition) is 3. The van der Waals surface area contributed by atoms with Gasteiger partial charge in [-0.05, 0) is 24.9 Å². The second-order valence-electron chi connectivity index (χ2n) is 7.14. The quantitative estimate of drug-likeness (QED) is 0.190. The third-order valence-electron chi connectivity index (χ3n) is 4.17. The van der Waals surface area contributed by atoms with E-state index in [1.54, 1.807) is 0 Å². The van der Waals surface area contributed by atoms with Crippen LogP contribution in [-0.4, -0.2) is 24.5 Å². The minimum absolute atomic E-state index is 0.315. The molecule has 1 N–H and O–H groups in total. The molecule has 0 aromatic heterocycles. The minimum Gasteiger partial charge on any atom is -0.494 e. The summed E-state index contributed by atoms with van der Waals surface area (Å²) >= 11 is 0. The zero-order valence-corrected chi connectivity index (χ0v) is 16.0. The SMILES string of the molecule is [CH2-][C@H](CCCCCCCCCCC)OC(=O)[C@H](CC(C)C)NC=O. The topological polar surface area (TPSA) is 55.4 Å². The molecule has 24 heavy (non-hydrogen) atoms. The van der Waals surface area contributed by atoms with Gasteiger partial charge in [-0.15, -0.1) is 0 Å². The van der Waals surface area contributed by atoms with Crippen molar-refractivity contribution in [1.82, 2.24) is 5.32 Å². The van der Waals surface area contributed by atoms with E-state index in [0.717, 1.165) is 12.8 Å². The summed E-state index contributed by atoms with van der Waals surface area (Å²) in [5, 5.41) is 2.54. The van der Waals surface area contributed by atoms with Gasteiger partial charge in [-0.1, -0.05) is 78.6 Å². The van der Waals surface area contributed by atoms with Crippen LogP contribution >= 0.6 is 0 Å². The number of rotatable bonds is 16. The number of nitrogens with one attached hydrogen (secondary N) is 1. The molecule has 0 saturated heterocycles. The Kier molecular flexibility index (Phi) is 14.8. The van der Waals surface area contributed by atoms with Crippen molar-refractivity contribution in [3.8, 4) is 0 Å². The van der Waals surface area contributed by atoms with Crippen molar-refractivity contribution >= 4 is 12.4 Å². The summed E-state index contributed by atoms with van der Waals surface area (Å²) in [5.74, 6) is -0.0534. The van der Waals surface area contributed by atoms with Crippen LogP contribution in [-0.2, 0) is 14.3 Å². The summed E-state index contributed by atoms with van der Waals surface area (Å²) in [6.45, 7) is 10.2. The van der Waals surface area contributed by atoms with Gasteiger partial charge in [0.1, 0.15) is 6.04 Å². The maximum absolute atomic E-state index is 12.1. The Morgan fingerprint density at radius 2 is 1.58 bits per heavy atom. The fourth-order valence-corrected chi connectivity index (χ4v) is 2.77. The predicted octanol–water partition coefficient (Wildman–Crippen LogP) is 4.81. The van der Waals surface area contributed by atoms with Gasteiger partial charge in [0, 0.05) is 0 Å². The molecule has 0 heterocycles. The van der Waals surface area contributed by atoms with E-state index >= 15 is 0 Å². The Hall–Kier alpha value is -1.06. The van der Waals surface area contributed by atoms with Crippen molar-refractivity contribution in [3.05, 3.63) is 6.92 Å². The molecule has 0 bridgehead atoms. The number of unbranched alkanes of at least 4 members (excludes halogenated alkanes) is 8. The first-order valence-electron chi connectivity index (χ1n) is 9.74. The summed E-state index contributed by atoms with van der Waals surface area (Å²) in [6, 6.07) is -0.560.